The molecule has 0 heterocycles. The van der Waals surface area contributed by atoms with Gasteiger partial charge in [0, 0.05) is 6.54 Å². The Hall–Kier alpha value is -0.120. The van der Waals surface area contributed by atoms with Gasteiger partial charge in [-0.05, 0) is 20.5 Å². The lowest BCUT2D eigenvalue weighted by Gasteiger charge is -2.11. The molecule has 0 spiro atoms. The normalized spacial score (nSPS) is 14.3. The first kappa shape index (κ1) is 8.88. The predicted octanol–water partition coefficient (Wildman–Crippen LogP) is -0.709. The van der Waals surface area contributed by atoms with E-state index in [-0.39, 0.29) is 6.61 Å². The second kappa shape index (κ2) is 4.73. The minimum Gasteiger partial charge on any atom is -0.394 e. The molecule has 0 aliphatic rings. The van der Waals surface area contributed by atoms with Gasteiger partial charge >= 0.3 is 0 Å². The summed E-state index contributed by atoms with van der Waals surface area (Å²) in [5.74, 6) is 0. The molecule has 0 rings (SSSR count). The maximum atomic E-state index is 8.83. The number of nitrogens with zero attached hydrogens (tertiary/aromatic N) is 1. The topological polar surface area (TPSA) is 43.7 Å². The Bertz CT molecular complexity index is 66.1. The molecule has 3 heteroatoms. The van der Waals surface area contributed by atoms with Gasteiger partial charge in [0.1, 0.15) is 0 Å². The molecule has 3 nitrogen and oxygen atoms in total. The minimum absolute atomic E-state index is 0.131. The summed E-state index contributed by atoms with van der Waals surface area (Å²) in [5.41, 5.74) is 0. The van der Waals surface area contributed by atoms with Crippen LogP contribution in [0.5, 0.6) is 0 Å². The van der Waals surface area contributed by atoms with E-state index >= 15 is 0 Å². The smallest absolute Gasteiger partial charge is 0.0783 e. The van der Waals surface area contributed by atoms with Gasteiger partial charge in [0.2, 0.25) is 0 Å². The molecular weight excluding hydrogens is 118 g/mol. The van der Waals surface area contributed by atoms with E-state index in [0.717, 1.165) is 6.54 Å². The highest BCUT2D eigenvalue weighted by molar-refractivity contribution is 4.54. The number of aliphatic hydroxyl groups is 2. The Balaban J connectivity index is 3.06. The Morgan fingerprint density at radius 3 is 2.33 bits per heavy atom. The molecule has 0 aromatic rings. The van der Waals surface area contributed by atoms with E-state index in [1.807, 2.05) is 19.0 Å². The number of hydrogen-bond acceptors (Lipinski definition) is 3. The third-order valence-electron chi connectivity index (χ3n) is 1.12. The molecular formula is C6H15NO2. The van der Waals surface area contributed by atoms with E-state index in [4.69, 9.17) is 10.2 Å². The van der Waals surface area contributed by atoms with Crippen molar-refractivity contribution >= 4 is 0 Å². The van der Waals surface area contributed by atoms with Crippen LogP contribution in [0.4, 0.5) is 0 Å². The first-order valence-corrected chi connectivity index (χ1v) is 3.10. The van der Waals surface area contributed by atoms with Crippen molar-refractivity contribution in [1.29, 1.82) is 0 Å². The van der Waals surface area contributed by atoms with Crippen molar-refractivity contribution in [2.24, 2.45) is 0 Å². The molecule has 9 heavy (non-hydrogen) atoms. The molecule has 0 aromatic carbocycles. The van der Waals surface area contributed by atoms with Crippen molar-refractivity contribution in [2.75, 3.05) is 27.2 Å². The quantitative estimate of drug-likeness (QED) is 0.532. The highest BCUT2D eigenvalue weighted by Crippen LogP contribution is 1.89. The fraction of sp³-hybridized carbons (Fsp3) is 1.00. The summed E-state index contributed by atoms with van der Waals surface area (Å²) in [6, 6.07) is 0. The Kier molecular flexibility index (Phi) is 4.67. The standard InChI is InChI=1S/C6H15NO2/c1-7(2)4-3-6(9)5-8/h6,8-9H,3-5H2,1-2H3/t6-/m1/s1. The van der Waals surface area contributed by atoms with Crippen LogP contribution in [0, 0.1) is 0 Å². The van der Waals surface area contributed by atoms with Gasteiger partial charge in [-0.25, -0.2) is 0 Å². The van der Waals surface area contributed by atoms with Crippen LogP contribution in [0.3, 0.4) is 0 Å². The second-order valence-electron chi connectivity index (χ2n) is 2.43. The summed E-state index contributed by atoms with van der Waals surface area (Å²) in [5, 5.41) is 17.2. The second-order valence-corrected chi connectivity index (χ2v) is 2.43. The first-order chi connectivity index (χ1) is 4.16. The molecule has 56 valence electrons. The third-order valence-corrected chi connectivity index (χ3v) is 1.12. The van der Waals surface area contributed by atoms with Crippen molar-refractivity contribution in [3.05, 3.63) is 0 Å². The van der Waals surface area contributed by atoms with Gasteiger partial charge in [0.15, 0.2) is 0 Å². The van der Waals surface area contributed by atoms with Crippen molar-refractivity contribution in [3.63, 3.8) is 0 Å². The Morgan fingerprint density at radius 1 is 1.44 bits per heavy atom. The van der Waals surface area contributed by atoms with Crippen LogP contribution in [0.2, 0.25) is 0 Å². The molecule has 0 aliphatic carbocycles. The molecule has 0 radical (unpaired) electrons. The van der Waals surface area contributed by atoms with Crippen LogP contribution >= 0.6 is 0 Å². The van der Waals surface area contributed by atoms with Crippen molar-refractivity contribution in [3.8, 4) is 0 Å². The van der Waals surface area contributed by atoms with E-state index in [1.165, 1.54) is 0 Å². The van der Waals surface area contributed by atoms with Gasteiger partial charge in [-0.3, -0.25) is 0 Å². The fourth-order valence-electron chi connectivity index (χ4n) is 0.499. The van der Waals surface area contributed by atoms with E-state index in [0.29, 0.717) is 6.42 Å². The molecule has 1 atom stereocenters. The molecule has 0 saturated heterocycles. The summed E-state index contributed by atoms with van der Waals surface area (Å²) < 4.78 is 0. The number of hydrogen-bond donors (Lipinski definition) is 2. The highest BCUT2D eigenvalue weighted by atomic mass is 16.3. The zero-order chi connectivity index (χ0) is 7.28. The Labute approximate surface area is 55.9 Å². The van der Waals surface area contributed by atoms with Gasteiger partial charge in [-0.15, -0.1) is 0 Å². The monoisotopic (exact) mass is 133 g/mol. The van der Waals surface area contributed by atoms with Crippen LogP contribution in [0.25, 0.3) is 0 Å². The third kappa shape index (κ3) is 5.76. The summed E-state index contributed by atoms with van der Waals surface area (Å²) in [7, 11) is 3.87. The Morgan fingerprint density at radius 2 is 2.00 bits per heavy atom. The molecule has 0 unspecified atom stereocenters. The maximum Gasteiger partial charge on any atom is 0.0783 e. The average Bonchev–Trinajstić information content (AvgIpc) is 1.83. The molecule has 0 amide bonds. The molecule has 2 N–H and O–H groups in total. The lowest BCUT2D eigenvalue weighted by atomic mass is 10.2. The first-order valence-electron chi connectivity index (χ1n) is 3.10. The number of rotatable bonds is 4. The van der Waals surface area contributed by atoms with Gasteiger partial charge in [-0.1, -0.05) is 0 Å². The number of aliphatic hydroxyl groups excluding tert-OH is 2. The molecule has 0 aromatic heterocycles. The van der Waals surface area contributed by atoms with Crippen LogP contribution in [-0.4, -0.2) is 48.5 Å². The zero-order valence-electron chi connectivity index (χ0n) is 6.04. The van der Waals surface area contributed by atoms with E-state index in [2.05, 4.69) is 0 Å². The van der Waals surface area contributed by atoms with E-state index in [1.54, 1.807) is 0 Å². The summed E-state index contributed by atoms with van der Waals surface area (Å²) in [4.78, 5) is 1.97. The molecule has 0 saturated carbocycles. The molecule has 0 bridgehead atoms. The van der Waals surface area contributed by atoms with Gasteiger partial charge < -0.3 is 15.1 Å². The average molecular weight is 133 g/mol. The van der Waals surface area contributed by atoms with Crippen molar-refractivity contribution in [2.45, 2.75) is 12.5 Å². The van der Waals surface area contributed by atoms with Crippen LogP contribution in [0.1, 0.15) is 6.42 Å². The predicted molar refractivity (Wildman–Crippen MR) is 36.3 cm³/mol. The fourth-order valence-corrected chi connectivity index (χ4v) is 0.499. The lowest BCUT2D eigenvalue weighted by Crippen LogP contribution is -2.21. The van der Waals surface area contributed by atoms with Crippen molar-refractivity contribution < 1.29 is 10.2 Å². The summed E-state index contributed by atoms with van der Waals surface area (Å²) in [6.45, 7) is 0.690. The summed E-state index contributed by atoms with van der Waals surface area (Å²) in [6.07, 6.45) is 0.0937. The summed E-state index contributed by atoms with van der Waals surface area (Å²) >= 11 is 0. The van der Waals surface area contributed by atoms with Gasteiger partial charge in [0.05, 0.1) is 12.7 Å². The van der Waals surface area contributed by atoms with Gasteiger partial charge in [-0.2, -0.15) is 0 Å². The molecule has 0 fully saturated rings. The van der Waals surface area contributed by atoms with E-state index in [9.17, 15) is 0 Å². The maximum absolute atomic E-state index is 8.83. The van der Waals surface area contributed by atoms with E-state index < -0.39 is 6.10 Å². The van der Waals surface area contributed by atoms with Crippen molar-refractivity contribution in [1.82, 2.24) is 4.90 Å². The highest BCUT2D eigenvalue weighted by Gasteiger charge is 2.00. The van der Waals surface area contributed by atoms with Crippen LogP contribution in [0.15, 0.2) is 0 Å². The lowest BCUT2D eigenvalue weighted by molar-refractivity contribution is 0.0820. The molecule has 0 aliphatic heterocycles. The van der Waals surface area contributed by atoms with Crippen LogP contribution in [-0.2, 0) is 0 Å². The zero-order valence-corrected chi connectivity index (χ0v) is 6.04. The van der Waals surface area contributed by atoms with Gasteiger partial charge in [0.25, 0.3) is 0 Å². The SMILES string of the molecule is CN(C)CC[C@@H](O)CO. The largest absolute Gasteiger partial charge is 0.394 e. The minimum atomic E-state index is -0.549. The van der Waals surface area contributed by atoms with Crippen LogP contribution < -0.4 is 0 Å².